The number of fused-ring (bicyclic) bond motifs is 1. The molecule has 0 saturated carbocycles. The third-order valence-electron chi connectivity index (χ3n) is 5.20. The Hall–Kier alpha value is -1.06. The van der Waals surface area contributed by atoms with Crippen LogP contribution in [0.2, 0.25) is 0 Å². The van der Waals surface area contributed by atoms with Crippen molar-refractivity contribution >= 4 is 0 Å². The minimum Gasteiger partial charge on any atom is -0.497 e. The van der Waals surface area contributed by atoms with Crippen LogP contribution in [0.5, 0.6) is 5.75 Å². The first-order valence-electron chi connectivity index (χ1n) is 7.72. The van der Waals surface area contributed by atoms with Crippen LogP contribution in [-0.4, -0.2) is 30.1 Å². The molecule has 1 aliphatic carbocycles. The first-order chi connectivity index (χ1) is 9.53. The second kappa shape index (κ2) is 5.05. The summed E-state index contributed by atoms with van der Waals surface area (Å²) in [6.45, 7) is 5.90. The first-order valence-corrected chi connectivity index (χ1v) is 7.72. The molecule has 0 amide bonds. The smallest absolute Gasteiger partial charge is 0.119 e. The number of hydrogen-bond acceptors (Lipinski definition) is 3. The summed E-state index contributed by atoms with van der Waals surface area (Å²) in [6.07, 6.45) is 4.87. The summed E-state index contributed by atoms with van der Waals surface area (Å²) in [6, 6.07) is 6.93. The van der Waals surface area contributed by atoms with Crippen LogP contribution >= 0.6 is 0 Å². The van der Waals surface area contributed by atoms with Crippen LogP contribution in [0.15, 0.2) is 18.2 Å². The zero-order chi connectivity index (χ0) is 14.3. The Labute approximate surface area is 122 Å². The second-order valence-electron chi connectivity index (χ2n) is 6.81. The maximum atomic E-state index is 6.62. The fourth-order valence-corrected chi connectivity index (χ4v) is 4.02. The van der Waals surface area contributed by atoms with E-state index in [1.807, 2.05) is 6.07 Å². The number of ether oxygens (including phenoxy) is 1. The fourth-order valence-electron chi connectivity index (χ4n) is 4.02. The number of benzene rings is 1. The second-order valence-corrected chi connectivity index (χ2v) is 6.81. The summed E-state index contributed by atoms with van der Waals surface area (Å²) < 4.78 is 5.36. The molecule has 0 spiro atoms. The molecule has 0 radical (unpaired) electrons. The standard InChI is InChI=1S/C17H26N2O/c1-17(2)9-4-10-19(17)15-8-6-12-5-7-13(20-3)11-14(12)16(15)18/h5,7,11,15-16H,4,6,8-10,18H2,1-3H3. The third kappa shape index (κ3) is 2.23. The monoisotopic (exact) mass is 274 g/mol. The Morgan fingerprint density at radius 3 is 2.80 bits per heavy atom. The van der Waals surface area contributed by atoms with Gasteiger partial charge in [0.05, 0.1) is 7.11 Å². The highest BCUT2D eigenvalue weighted by molar-refractivity contribution is 5.40. The molecule has 1 fully saturated rings. The third-order valence-corrected chi connectivity index (χ3v) is 5.20. The highest BCUT2D eigenvalue weighted by Crippen LogP contribution is 2.39. The van der Waals surface area contributed by atoms with E-state index in [1.165, 1.54) is 36.9 Å². The molecule has 2 unspecified atom stereocenters. The average Bonchev–Trinajstić information content (AvgIpc) is 2.78. The maximum Gasteiger partial charge on any atom is 0.119 e. The molecule has 3 rings (SSSR count). The van der Waals surface area contributed by atoms with Crippen molar-refractivity contribution in [2.45, 2.75) is 57.2 Å². The molecule has 2 N–H and O–H groups in total. The van der Waals surface area contributed by atoms with Gasteiger partial charge in [0.15, 0.2) is 0 Å². The van der Waals surface area contributed by atoms with Gasteiger partial charge in [-0.2, -0.15) is 0 Å². The van der Waals surface area contributed by atoms with E-state index in [9.17, 15) is 0 Å². The van der Waals surface area contributed by atoms with E-state index in [0.717, 1.165) is 12.2 Å². The summed E-state index contributed by atoms with van der Waals surface area (Å²) in [5.74, 6) is 0.917. The van der Waals surface area contributed by atoms with Crippen LogP contribution in [-0.2, 0) is 6.42 Å². The summed E-state index contributed by atoms with van der Waals surface area (Å²) >= 11 is 0. The molecular formula is C17H26N2O. The Morgan fingerprint density at radius 1 is 1.35 bits per heavy atom. The van der Waals surface area contributed by atoms with Crippen molar-refractivity contribution < 1.29 is 4.74 Å². The van der Waals surface area contributed by atoms with Crippen LogP contribution in [0.25, 0.3) is 0 Å². The van der Waals surface area contributed by atoms with Gasteiger partial charge >= 0.3 is 0 Å². The molecule has 1 heterocycles. The van der Waals surface area contributed by atoms with Crippen molar-refractivity contribution in [1.29, 1.82) is 0 Å². The number of aryl methyl sites for hydroxylation is 1. The fraction of sp³-hybridized carbons (Fsp3) is 0.647. The van der Waals surface area contributed by atoms with Crippen LogP contribution in [0.4, 0.5) is 0 Å². The zero-order valence-corrected chi connectivity index (χ0v) is 12.9. The van der Waals surface area contributed by atoms with E-state index in [1.54, 1.807) is 7.11 Å². The van der Waals surface area contributed by atoms with Gasteiger partial charge in [-0.1, -0.05) is 6.07 Å². The topological polar surface area (TPSA) is 38.5 Å². The molecule has 2 atom stereocenters. The van der Waals surface area contributed by atoms with Crippen molar-refractivity contribution in [3.05, 3.63) is 29.3 Å². The van der Waals surface area contributed by atoms with Gasteiger partial charge in [-0.3, -0.25) is 4.90 Å². The average molecular weight is 274 g/mol. The summed E-state index contributed by atoms with van der Waals surface area (Å²) in [5.41, 5.74) is 9.58. The van der Waals surface area contributed by atoms with Crippen LogP contribution in [0.1, 0.15) is 50.3 Å². The Balaban J connectivity index is 1.90. The van der Waals surface area contributed by atoms with Crippen molar-refractivity contribution in [3.8, 4) is 5.75 Å². The van der Waals surface area contributed by atoms with Gasteiger partial charge in [0.1, 0.15) is 5.75 Å². The van der Waals surface area contributed by atoms with E-state index in [4.69, 9.17) is 10.5 Å². The van der Waals surface area contributed by atoms with E-state index < -0.39 is 0 Å². The molecule has 1 aromatic carbocycles. The van der Waals surface area contributed by atoms with E-state index in [-0.39, 0.29) is 6.04 Å². The summed E-state index contributed by atoms with van der Waals surface area (Å²) in [4.78, 5) is 2.64. The van der Waals surface area contributed by atoms with Crippen molar-refractivity contribution in [3.63, 3.8) is 0 Å². The molecule has 3 nitrogen and oxygen atoms in total. The minimum atomic E-state index is 0.103. The molecule has 110 valence electrons. The lowest BCUT2D eigenvalue weighted by Gasteiger charge is -2.44. The summed E-state index contributed by atoms with van der Waals surface area (Å²) in [5, 5.41) is 0. The van der Waals surface area contributed by atoms with Crippen LogP contribution in [0.3, 0.4) is 0 Å². The normalized spacial score (nSPS) is 29.2. The van der Waals surface area contributed by atoms with Crippen molar-refractivity contribution in [2.75, 3.05) is 13.7 Å². The zero-order valence-electron chi connectivity index (χ0n) is 12.9. The molecule has 1 saturated heterocycles. The molecular weight excluding hydrogens is 248 g/mol. The maximum absolute atomic E-state index is 6.62. The van der Waals surface area contributed by atoms with Gasteiger partial charge in [0.25, 0.3) is 0 Å². The lowest BCUT2D eigenvalue weighted by Crippen LogP contribution is -2.51. The molecule has 1 aliphatic heterocycles. The number of likely N-dealkylation sites (tertiary alicyclic amines) is 1. The quantitative estimate of drug-likeness (QED) is 0.901. The largest absolute Gasteiger partial charge is 0.497 e. The van der Waals surface area contributed by atoms with E-state index in [2.05, 4.69) is 30.9 Å². The Kier molecular flexibility index (Phi) is 3.51. The number of nitrogens with zero attached hydrogens (tertiary/aromatic N) is 1. The van der Waals surface area contributed by atoms with Crippen LogP contribution in [0, 0.1) is 0 Å². The van der Waals surface area contributed by atoms with Crippen molar-refractivity contribution in [1.82, 2.24) is 4.90 Å². The molecule has 0 aromatic heterocycles. The predicted molar refractivity (Wildman–Crippen MR) is 82.1 cm³/mol. The van der Waals surface area contributed by atoms with E-state index in [0.29, 0.717) is 11.6 Å². The highest BCUT2D eigenvalue weighted by atomic mass is 16.5. The Morgan fingerprint density at radius 2 is 2.15 bits per heavy atom. The molecule has 1 aromatic rings. The first kappa shape index (κ1) is 13.9. The lowest BCUT2D eigenvalue weighted by molar-refractivity contribution is 0.0875. The SMILES string of the molecule is COc1ccc2c(c1)C(N)C(N1CCCC1(C)C)CC2. The molecule has 0 bridgehead atoms. The van der Waals surface area contributed by atoms with E-state index >= 15 is 0 Å². The Bertz CT molecular complexity index is 498. The molecule has 20 heavy (non-hydrogen) atoms. The van der Waals surface area contributed by atoms with Gasteiger partial charge < -0.3 is 10.5 Å². The minimum absolute atomic E-state index is 0.103. The van der Waals surface area contributed by atoms with Gasteiger partial charge in [0, 0.05) is 17.6 Å². The van der Waals surface area contributed by atoms with Gasteiger partial charge in [0.2, 0.25) is 0 Å². The van der Waals surface area contributed by atoms with Crippen LogP contribution < -0.4 is 10.5 Å². The lowest BCUT2D eigenvalue weighted by atomic mass is 9.82. The number of nitrogens with two attached hydrogens (primary N) is 1. The number of rotatable bonds is 2. The molecule has 2 aliphatic rings. The summed E-state index contributed by atoms with van der Waals surface area (Å²) in [7, 11) is 1.72. The van der Waals surface area contributed by atoms with Gasteiger partial charge in [-0.25, -0.2) is 0 Å². The van der Waals surface area contributed by atoms with Gasteiger partial charge in [-0.05, 0) is 69.3 Å². The number of methoxy groups -OCH3 is 1. The number of hydrogen-bond donors (Lipinski definition) is 1. The predicted octanol–water partition coefficient (Wildman–Crippen LogP) is 2.88. The molecule has 3 heteroatoms. The van der Waals surface area contributed by atoms with Gasteiger partial charge in [-0.15, -0.1) is 0 Å². The van der Waals surface area contributed by atoms with Crippen molar-refractivity contribution in [2.24, 2.45) is 5.73 Å². The highest BCUT2D eigenvalue weighted by Gasteiger charge is 2.41.